The minimum atomic E-state index is -1.48. The summed E-state index contributed by atoms with van der Waals surface area (Å²) in [6, 6.07) is 5.06. The Hall–Kier alpha value is -2.94. The van der Waals surface area contributed by atoms with Gasteiger partial charge >= 0.3 is 0 Å². The highest BCUT2D eigenvalue weighted by atomic mass is 19.1. The number of phenolic OH excluding ortho intramolecular Hbond substituents is 2. The number of hydrogen-bond acceptors (Lipinski definition) is 7. The second-order valence-corrected chi connectivity index (χ2v) is 8.62. The highest BCUT2D eigenvalue weighted by molar-refractivity contribution is 5.89. The fraction of sp³-hybridized carbons (Fsp3) is 0.375. The molecule has 1 saturated heterocycles. The zero-order valence-electron chi connectivity index (χ0n) is 18.1. The first-order valence-corrected chi connectivity index (χ1v) is 10.4. The molecule has 0 aliphatic carbocycles. The Bertz CT molecular complexity index is 1230. The van der Waals surface area contributed by atoms with Crippen LogP contribution in [0.25, 0.3) is 11.0 Å². The average Bonchev–Trinajstić information content (AvgIpc) is 2.68. The highest BCUT2D eigenvalue weighted by Crippen LogP contribution is 2.42. The lowest BCUT2D eigenvalue weighted by Gasteiger charge is -2.34. The number of benzene rings is 2. The predicted octanol–water partition coefficient (Wildman–Crippen LogP) is 2.82. The molecule has 2 aromatic carbocycles. The summed E-state index contributed by atoms with van der Waals surface area (Å²) in [5.41, 5.74) is 0.179. The molecule has 2 heterocycles. The number of hydrogen-bond donors (Lipinski definition) is 4. The van der Waals surface area contributed by atoms with E-state index in [4.69, 9.17) is 4.42 Å². The van der Waals surface area contributed by atoms with E-state index >= 15 is 0 Å². The van der Waals surface area contributed by atoms with Crippen LogP contribution in [0.2, 0.25) is 0 Å². The van der Waals surface area contributed by atoms with Crippen LogP contribution in [0.15, 0.2) is 33.5 Å². The first kappa shape index (κ1) is 22.3. The van der Waals surface area contributed by atoms with Gasteiger partial charge in [0.05, 0.1) is 11.7 Å². The van der Waals surface area contributed by atoms with Gasteiger partial charge < -0.3 is 29.7 Å². The number of nitrogens with zero attached hydrogens (tertiary/aromatic N) is 1. The van der Waals surface area contributed by atoms with Crippen LogP contribution in [0.3, 0.4) is 0 Å². The number of halogens is 1. The van der Waals surface area contributed by atoms with Crippen LogP contribution >= 0.6 is 0 Å². The number of aromatic hydroxyl groups is 2. The second kappa shape index (κ2) is 8.20. The number of β-amino-alcohol motifs (C(OH)–C–C–N with tert-alkyl or cyclic N) is 1. The molecule has 7 nitrogen and oxygen atoms in total. The van der Waals surface area contributed by atoms with Crippen molar-refractivity contribution in [2.24, 2.45) is 0 Å². The van der Waals surface area contributed by atoms with Crippen LogP contribution in [-0.4, -0.2) is 51.6 Å². The number of piperidine rings is 1. The molecule has 0 spiro atoms. The maximum absolute atomic E-state index is 13.9. The molecule has 8 heteroatoms. The van der Waals surface area contributed by atoms with Crippen LogP contribution in [-0.2, 0) is 0 Å². The molecule has 3 aromatic rings. The van der Waals surface area contributed by atoms with Gasteiger partial charge in [-0.3, -0.25) is 4.79 Å². The fourth-order valence-corrected chi connectivity index (χ4v) is 4.67. The van der Waals surface area contributed by atoms with Gasteiger partial charge in [0.25, 0.3) is 0 Å². The van der Waals surface area contributed by atoms with Gasteiger partial charge in [-0.25, -0.2) is 4.39 Å². The van der Waals surface area contributed by atoms with Gasteiger partial charge in [0.2, 0.25) is 5.43 Å². The monoisotopic (exact) mass is 443 g/mol. The molecule has 32 heavy (non-hydrogen) atoms. The Morgan fingerprint density at radius 1 is 1.16 bits per heavy atom. The number of rotatable bonds is 3. The molecule has 170 valence electrons. The maximum Gasteiger partial charge on any atom is 0.202 e. The van der Waals surface area contributed by atoms with E-state index in [1.54, 1.807) is 13.0 Å². The van der Waals surface area contributed by atoms with Crippen molar-refractivity contribution >= 4 is 11.0 Å². The predicted molar refractivity (Wildman–Crippen MR) is 117 cm³/mol. The molecule has 1 fully saturated rings. The third-order valence-corrected chi connectivity index (χ3v) is 6.19. The molecule has 0 amide bonds. The minimum absolute atomic E-state index is 0.0232. The van der Waals surface area contributed by atoms with Crippen molar-refractivity contribution in [2.75, 3.05) is 20.1 Å². The van der Waals surface area contributed by atoms with E-state index < -0.39 is 35.1 Å². The van der Waals surface area contributed by atoms with Crippen molar-refractivity contribution in [2.45, 2.75) is 38.4 Å². The van der Waals surface area contributed by atoms with Crippen molar-refractivity contribution in [3.63, 3.8) is 0 Å². The normalized spacial score (nSPS) is 20.6. The summed E-state index contributed by atoms with van der Waals surface area (Å²) in [6.45, 7) is 4.21. The van der Waals surface area contributed by atoms with Crippen molar-refractivity contribution in [1.29, 1.82) is 0 Å². The second-order valence-electron chi connectivity index (χ2n) is 8.62. The molecule has 4 rings (SSSR count). The molecule has 1 aliphatic heterocycles. The van der Waals surface area contributed by atoms with E-state index in [1.165, 1.54) is 13.0 Å². The molecule has 0 saturated carbocycles. The Morgan fingerprint density at radius 2 is 1.88 bits per heavy atom. The Morgan fingerprint density at radius 3 is 2.53 bits per heavy atom. The third-order valence-electron chi connectivity index (χ3n) is 6.19. The Kier molecular flexibility index (Phi) is 5.70. The topological polar surface area (TPSA) is 114 Å². The lowest BCUT2D eigenvalue weighted by Crippen LogP contribution is -2.40. The molecule has 3 unspecified atom stereocenters. The van der Waals surface area contributed by atoms with Gasteiger partial charge in [-0.2, -0.15) is 0 Å². The van der Waals surface area contributed by atoms with Crippen molar-refractivity contribution in [1.82, 2.24) is 4.90 Å². The quantitative estimate of drug-likeness (QED) is 0.492. The van der Waals surface area contributed by atoms with Gasteiger partial charge in [-0.1, -0.05) is 6.07 Å². The molecule has 0 radical (unpaired) electrons. The summed E-state index contributed by atoms with van der Waals surface area (Å²) < 4.78 is 19.8. The number of phenols is 2. The number of fused-ring (bicyclic) bond motifs is 1. The summed E-state index contributed by atoms with van der Waals surface area (Å²) in [6.07, 6.45) is -1.77. The molecule has 3 atom stereocenters. The van der Waals surface area contributed by atoms with Crippen LogP contribution in [0.1, 0.15) is 46.5 Å². The van der Waals surface area contributed by atoms with E-state index in [0.717, 1.165) is 12.1 Å². The van der Waals surface area contributed by atoms with E-state index in [1.807, 2.05) is 11.9 Å². The first-order valence-electron chi connectivity index (χ1n) is 10.4. The van der Waals surface area contributed by atoms with Gasteiger partial charge in [0.1, 0.15) is 40.1 Å². The summed E-state index contributed by atoms with van der Waals surface area (Å²) in [4.78, 5) is 15.4. The van der Waals surface area contributed by atoms with E-state index in [-0.39, 0.29) is 39.2 Å². The van der Waals surface area contributed by atoms with Crippen molar-refractivity contribution in [3.05, 3.63) is 68.3 Å². The molecule has 4 N–H and O–H groups in total. The molecule has 1 aromatic heterocycles. The first-order chi connectivity index (χ1) is 15.1. The molecular formula is C24H26FNO6. The summed E-state index contributed by atoms with van der Waals surface area (Å²) in [7, 11) is 1.88. The number of likely N-dealkylation sites (tertiary alicyclic amines) is 1. The summed E-state index contributed by atoms with van der Waals surface area (Å²) >= 11 is 0. The number of aliphatic hydroxyl groups is 2. The standard InChI is InChI=1S/C24H26FNO6/c1-11-6-13(8-14(25)7-11)22(30)19-12(2)32-24-20(15-4-5-26(3)10-18(15)29)16(27)9-17(28)21(24)23(19)31/h6-9,15,18,22,27-30H,4-5,10H2,1-3H3. The van der Waals surface area contributed by atoms with Crippen LogP contribution < -0.4 is 5.43 Å². The van der Waals surface area contributed by atoms with Crippen molar-refractivity contribution < 1.29 is 29.2 Å². The fourth-order valence-electron chi connectivity index (χ4n) is 4.67. The highest BCUT2D eigenvalue weighted by Gasteiger charge is 2.34. The minimum Gasteiger partial charge on any atom is -0.507 e. The SMILES string of the molecule is Cc1cc(F)cc(C(O)c2c(C)oc3c(C4CCN(C)CC4O)c(O)cc(O)c3c2=O)c1. The lowest BCUT2D eigenvalue weighted by atomic mass is 9.85. The van der Waals surface area contributed by atoms with E-state index in [2.05, 4.69) is 0 Å². The van der Waals surface area contributed by atoms with Gasteiger partial charge in [0.15, 0.2) is 0 Å². The maximum atomic E-state index is 13.9. The van der Waals surface area contributed by atoms with Crippen molar-refractivity contribution in [3.8, 4) is 11.5 Å². The number of aryl methyl sites for hydroxylation is 2. The third kappa shape index (κ3) is 3.74. The van der Waals surface area contributed by atoms with Crippen LogP contribution in [0.4, 0.5) is 4.39 Å². The summed E-state index contributed by atoms with van der Waals surface area (Å²) in [5, 5.41) is 42.4. The van der Waals surface area contributed by atoms with Gasteiger partial charge in [-0.15, -0.1) is 0 Å². The number of likely N-dealkylation sites (N-methyl/N-ethyl adjacent to an activating group) is 1. The van der Waals surface area contributed by atoms with E-state index in [0.29, 0.717) is 25.1 Å². The van der Waals surface area contributed by atoms with Gasteiger partial charge in [0, 0.05) is 24.1 Å². The Balaban J connectivity index is 1.94. The average molecular weight is 443 g/mol. The zero-order valence-corrected chi connectivity index (χ0v) is 18.1. The van der Waals surface area contributed by atoms with Crippen LogP contribution in [0, 0.1) is 19.7 Å². The number of aliphatic hydroxyl groups excluding tert-OH is 2. The smallest absolute Gasteiger partial charge is 0.202 e. The molecular weight excluding hydrogens is 417 g/mol. The summed E-state index contributed by atoms with van der Waals surface area (Å²) in [5.74, 6) is -1.75. The van der Waals surface area contributed by atoms with E-state index in [9.17, 15) is 29.6 Å². The zero-order chi connectivity index (χ0) is 23.3. The van der Waals surface area contributed by atoms with Crippen LogP contribution in [0.5, 0.6) is 11.5 Å². The van der Waals surface area contributed by atoms with Gasteiger partial charge in [-0.05, 0) is 57.1 Å². The lowest BCUT2D eigenvalue weighted by molar-refractivity contribution is 0.0630. The molecule has 1 aliphatic rings. The molecule has 0 bridgehead atoms. The Labute approximate surface area is 184 Å². The largest absolute Gasteiger partial charge is 0.507 e.